The minimum atomic E-state index is -0.587. The molecule has 1 aliphatic carbocycles. The van der Waals surface area contributed by atoms with Gasteiger partial charge < -0.3 is 23.4 Å². The van der Waals surface area contributed by atoms with Gasteiger partial charge in [-0.25, -0.2) is 4.79 Å². The van der Waals surface area contributed by atoms with Gasteiger partial charge in [-0.1, -0.05) is 0 Å². The van der Waals surface area contributed by atoms with Crippen LogP contribution in [0.2, 0.25) is 0 Å². The number of aryl methyl sites for hydroxylation is 2. The number of hydrogen-bond donors (Lipinski definition) is 0. The molecule has 3 aromatic rings. The van der Waals surface area contributed by atoms with E-state index in [1.54, 1.807) is 39.5 Å². The quantitative estimate of drug-likeness (QED) is 0.532. The Morgan fingerprint density at radius 2 is 1.55 bits per heavy atom. The van der Waals surface area contributed by atoms with Crippen LogP contribution in [0.5, 0.6) is 23.0 Å². The summed E-state index contributed by atoms with van der Waals surface area (Å²) >= 11 is 0. The van der Waals surface area contributed by atoms with Crippen LogP contribution in [-0.2, 0) is 12.8 Å². The lowest BCUT2D eigenvalue weighted by Crippen LogP contribution is -2.24. The Balaban J connectivity index is 1.73. The van der Waals surface area contributed by atoms with Crippen molar-refractivity contribution < 1.29 is 28.2 Å². The summed E-state index contributed by atoms with van der Waals surface area (Å²) in [6, 6.07) is 5.30. The third-order valence-electron chi connectivity index (χ3n) is 6.65. The number of carbonyl (C=O) groups excluding carboxylic acids is 1. The fraction of sp³-hybridized carbons (Fsp3) is 0.385. The Hall–Kier alpha value is -3.48. The number of carbonyl (C=O) groups is 1. The summed E-state index contributed by atoms with van der Waals surface area (Å²) < 4.78 is 28.7. The number of hydrogen-bond acceptors (Lipinski definition) is 7. The molecule has 0 radical (unpaired) electrons. The molecule has 0 spiro atoms. The highest BCUT2D eigenvalue weighted by Crippen LogP contribution is 2.47. The van der Waals surface area contributed by atoms with Gasteiger partial charge in [0.1, 0.15) is 23.2 Å². The van der Waals surface area contributed by atoms with E-state index in [0.29, 0.717) is 51.7 Å². The first kappa shape index (κ1) is 21.4. The molecule has 0 fully saturated rings. The maximum Gasteiger partial charge on any atom is 0.339 e. The van der Waals surface area contributed by atoms with Gasteiger partial charge in [0.25, 0.3) is 0 Å². The van der Waals surface area contributed by atoms with Gasteiger partial charge in [-0.2, -0.15) is 0 Å². The lowest BCUT2D eigenvalue weighted by molar-refractivity contribution is 0.0848. The van der Waals surface area contributed by atoms with E-state index < -0.39 is 6.10 Å². The fourth-order valence-electron chi connectivity index (χ4n) is 5.09. The van der Waals surface area contributed by atoms with Crippen molar-refractivity contribution in [1.29, 1.82) is 0 Å². The average molecular weight is 450 g/mol. The van der Waals surface area contributed by atoms with Crippen molar-refractivity contribution in [3.05, 3.63) is 56.4 Å². The molecule has 172 valence electrons. The summed E-state index contributed by atoms with van der Waals surface area (Å²) in [6.07, 6.45) is 2.93. The second-order valence-corrected chi connectivity index (χ2v) is 8.51. The van der Waals surface area contributed by atoms with Crippen LogP contribution in [-0.4, -0.2) is 27.1 Å². The molecule has 0 saturated carbocycles. The van der Waals surface area contributed by atoms with E-state index in [1.165, 1.54) is 0 Å². The Bertz CT molecular complexity index is 1340. The van der Waals surface area contributed by atoms with Gasteiger partial charge in [-0.15, -0.1) is 0 Å². The van der Waals surface area contributed by atoms with Gasteiger partial charge in [0.2, 0.25) is 0 Å². The van der Waals surface area contributed by atoms with Crippen LogP contribution in [0.3, 0.4) is 0 Å². The molecule has 2 aliphatic rings. The van der Waals surface area contributed by atoms with Gasteiger partial charge in [0.05, 0.1) is 38.7 Å². The van der Waals surface area contributed by atoms with E-state index in [9.17, 15) is 9.59 Å². The monoisotopic (exact) mass is 450 g/mol. The molecule has 2 heterocycles. The summed E-state index contributed by atoms with van der Waals surface area (Å²) in [5.41, 5.74) is 3.79. The SMILES string of the molecule is COc1cc(OC)c([C@H]2CC(=O)c3c(C)cc4oc(=O)c5c(c4c3O2)CCCC5)cc1OC. The molecular weight excluding hydrogens is 424 g/mol. The Morgan fingerprint density at radius 1 is 0.879 bits per heavy atom. The molecule has 7 heteroatoms. The Kier molecular flexibility index (Phi) is 5.27. The summed E-state index contributed by atoms with van der Waals surface area (Å²) in [6.45, 7) is 1.84. The van der Waals surface area contributed by atoms with Crippen LogP contribution in [0.4, 0.5) is 0 Å². The molecule has 33 heavy (non-hydrogen) atoms. The third-order valence-corrected chi connectivity index (χ3v) is 6.65. The minimum Gasteiger partial charge on any atom is -0.496 e. The van der Waals surface area contributed by atoms with Crippen molar-refractivity contribution >= 4 is 16.8 Å². The highest BCUT2D eigenvalue weighted by molar-refractivity contribution is 6.07. The summed E-state index contributed by atoms with van der Waals surface area (Å²) in [7, 11) is 4.68. The maximum absolute atomic E-state index is 13.4. The number of ether oxygens (including phenoxy) is 4. The van der Waals surface area contributed by atoms with Crippen molar-refractivity contribution in [1.82, 2.24) is 0 Å². The van der Waals surface area contributed by atoms with E-state index in [2.05, 4.69) is 0 Å². The topological polar surface area (TPSA) is 84.2 Å². The van der Waals surface area contributed by atoms with Gasteiger partial charge in [-0.05, 0) is 55.9 Å². The van der Waals surface area contributed by atoms with Crippen molar-refractivity contribution in [3.8, 4) is 23.0 Å². The highest BCUT2D eigenvalue weighted by atomic mass is 16.5. The molecule has 0 saturated heterocycles. The average Bonchev–Trinajstić information content (AvgIpc) is 2.82. The lowest BCUT2D eigenvalue weighted by atomic mass is 9.86. The van der Waals surface area contributed by atoms with E-state index in [-0.39, 0.29) is 17.8 Å². The predicted molar refractivity (Wildman–Crippen MR) is 122 cm³/mol. The van der Waals surface area contributed by atoms with Crippen LogP contribution in [0.15, 0.2) is 27.4 Å². The van der Waals surface area contributed by atoms with Crippen molar-refractivity contribution in [2.75, 3.05) is 21.3 Å². The lowest BCUT2D eigenvalue weighted by Gasteiger charge is -2.30. The molecule has 1 atom stereocenters. The first-order valence-electron chi connectivity index (χ1n) is 11.1. The van der Waals surface area contributed by atoms with E-state index in [0.717, 1.165) is 35.8 Å². The van der Waals surface area contributed by atoms with Gasteiger partial charge >= 0.3 is 5.63 Å². The smallest absolute Gasteiger partial charge is 0.339 e. The first-order valence-corrected chi connectivity index (χ1v) is 11.1. The Morgan fingerprint density at radius 3 is 2.24 bits per heavy atom. The number of benzene rings is 2. The molecule has 0 bridgehead atoms. The largest absolute Gasteiger partial charge is 0.496 e. The zero-order valence-corrected chi connectivity index (χ0v) is 19.2. The normalized spacial score (nSPS) is 17.2. The highest BCUT2D eigenvalue weighted by Gasteiger charge is 2.35. The molecule has 0 amide bonds. The van der Waals surface area contributed by atoms with Crippen LogP contribution in [0.1, 0.15) is 58.0 Å². The van der Waals surface area contributed by atoms with Crippen molar-refractivity contribution in [3.63, 3.8) is 0 Å². The number of rotatable bonds is 4. The van der Waals surface area contributed by atoms with Crippen molar-refractivity contribution in [2.24, 2.45) is 0 Å². The second-order valence-electron chi connectivity index (χ2n) is 8.51. The summed E-state index contributed by atoms with van der Waals surface area (Å²) in [4.78, 5) is 26.0. The van der Waals surface area contributed by atoms with E-state index in [1.807, 2.05) is 6.92 Å². The molecule has 2 aromatic carbocycles. The standard InChI is InChI=1S/C26H26O7/c1-13-9-22-24(14-7-5-6-8-15(14)26(28)33-22)25-23(13)17(27)11-19(32-25)16-10-20(30-3)21(31-4)12-18(16)29-2/h9-10,12,19H,5-8,11H2,1-4H3/t19-/m1/s1. The van der Waals surface area contributed by atoms with E-state index >= 15 is 0 Å². The predicted octanol–water partition coefficient (Wildman–Crippen LogP) is 4.71. The third kappa shape index (κ3) is 3.34. The molecule has 0 unspecified atom stereocenters. The summed E-state index contributed by atoms with van der Waals surface area (Å²) in [5.74, 6) is 2.06. The molecule has 1 aliphatic heterocycles. The second kappa shape index (κ2) is 8.14. The van der Waals surface area contributed by atoms with E-state index in [4.69, 9.17) is 23.4 Å². The fourth-order valence-corrected chi connectivity index (χ4v) is 5.09. The molecule has 0 N–H and O–H groups in total. The molecule has 7 nitrogen and oxygen atoms in total. The number of Topliss-reactive ketones (excluding diaryl/α,β-unsaturated/α-hetero) is 1. The number of ketones is 1. The van der Waals surface area contributed by atoms with Crippen LogP contribution in [0.25, 0.3) is 11.0 Å². The van der Waals surface area contributed by atoms with Crippen LogP contribution >= 0.6 is 0 Å². The van der Waals surface area contributed by atoms with Gasteiger partial charge in [0, 0.05) is 17.2 Å². The Labute approximate surface area is 191 Å². The van der Waals surface area contributed by atoms with Crippen LogP contribution in [0, 0.1) is 6.92 Å². The molecular formula is C26H26O7. The van der Waals surface area contributed by atoms with Gasteiger partial charge in [-0.3, -0.25) is 4.79 Å². The minimum absolute atomic E-state index is 0.0201. The zero-order chi connectivity index (χ0) is 23.3. The number of fused-ring (bicyclic) bond motifs is 5. The molecule has 5 rings (SSSR count). The summed E-state index contributed by atoms with van der Waals surface area (Å²) in [5, 5.41) is 0.738. The zero-order valence-electron chi connectivity index (χ0n) is 19.2. The first-order chi connectivity index (χ1) is 16.0. The van der Waals surface area contributed by atoms with Crippen LogP contribution < -0.4 is 24.6 Å². The maximum atomic E-state index is 13.4. The van der Waals surface area contributed by atoms with Gasteiger partial charge in [0.15, 0.2) is 17.3 Å². The van der Waals surface area contributed by atoms with Crippen molar-refractivity contribution in [2.45, 2.75) is 45.1 Å². The molecule has 1 aromatic heterocycles. The number of methoxy groups -OCH3 is 3.